The molecule has 1 aromatic carbocycles. The van der Waals surface area contributed by atoms with E-state index in [4.69, 9.17) is 10.2 Å². The average Bonchev–Trinajstić information content (AvgIpc) is 2.36. The number of ketones is 1. The first-order chi connectivity index (χ1) is 10.3. The van der Waals surface area contributed by atoms with Crippen molar-refractivity contribution in [2.24, 2.45) is 0 Å². The smallest absolute Gasteiger partial charge is 0.307 e. The van der Waals surface area contributed by atoms with Gasteiger partial charge in [-0.2, -0.15) is 0 Å². The molecule has 0 saturated heterocycles. The van der Waals surface area contributed by atoms with Gasteiger partial charge in [-0.25, -0.2) is 0 Å². The molecule has 0 saturated carbocycles. The number of phenolic OH excluding ortho intramolecular Hbond substituents is 2. The number of Topliss-reactive ketones (excluding diaryl/α,β-unsaturated/α-hetero) is 1. The van der Waals surface area contributed by atoms with Crippen molar-refractivity contribution >= 4 is 11.8 Å². The zero-order valence-corrected chi connectivity index (χ0v) is 12.6. The Bertz CT molecular complexity index is 536. The highest BCUT2D eigenvalue weighted by atomic mass is 16.4. The molecule has 0 spiro atoms. The molecular weight excluding hydrogens is 288 g/mol. The van der Waals surface area contributed by atoms with Crippen LogP contribution in [0.15, 0.2) is 12.1 Å². The van der Waals surface area contributed by atoms with Crippen LogP contribution in [-0.2, 0) is 11.2 Å². The predicted molar refractivity (Wildman–Crippen MR) is 80.2 cm³/mol. The van der Waals surface area contributed by atoms with Gasteiger partial charge >= 0.3 is 5.97 Å². The summed E-state index contributed by atoms with van der Waals surface area (Å²) >= 11 is 0. The summed E-state index contributed by atoms with van der Waals surface area (Å²) in [6, 6.07) is 2.22. The van der Waals surface area contributed by atoms with Gasteiger partial charge in [0, 0.05) is 12.5 Å². The van der Waals surface area contributed by atoms with Crippen LogP contribution in [0.25, 0.3) is 0 Å². The highest BCUT2D eigenvalue weighted by molar-refractivity contribution is 6.01. The van der Waals surface area contributed by atoms with E-state index in [2.05, 4.69) is 0 Å². The molecule has 122 valence electrons. The third-order valence-electron chi connectivity index (χ3n) is 3.33. The lowest BCUT2D eigenvalue weighted by atomic mass is 9.96. The minimum absolute atomic E-state index is 0.0317. The Morgan fingerprint density at radius 3 is 2.41 bits per heavy atom. The second-order valence-electron chi connectivity index (χ2n) is 5.44. The number of phenols is 2. The molecule has 6 heteroatoms. The molecule has 1 rings (SSSR count). The third-order valence-corrected chi connectivity index (χ3v) is 3.33. The number of aliphatic hydroxyl groups is 1. The van der Waals surface area contributed by atoms with E-state index in [1.807, 2.05) is 0 Å². The first kappa shape index (κ1) is 18.0. The Labute approximate surface area is 129 Å². The second kappa shape index (κ2) is 8.38. The monoisotopic (exact) mass is 310 g/mol. The summed E-state index contributed by atoms with van der Waals surface area (Å²) in [5.74, 6) is -2.16. The number of aromatic hydroxyl groups is 2. The van der Waals surface area contributed by atoms with Gasteiger partial charge in [0.2, 0.25) is 0 Å². The molecular formula is C16H22O6. The Morgan fingerprint density at radius 1 is 1.14 bits per heavy atom. The standard InChI is InChI=1S/C16H22O6/c1-10(17)5-3-2-4-6-13(19)16-11(8-15(21)22)7-12(18)9-14(16)20/h7,9-10,17-18,20H,2-6,8H2,1H3,(H,21,22)/t10-/m1/s1. The van der Waals surface area contributed by atoms with Gasteiger partial charge in [-0.3, -0.25) is 9.59 Å². The Balaban J connectivity index is 2.73. The number of rotatable bonds is 9. The molecule has 0 amide bonds. The molecule has 1 aromatic rings. The van der Waals surface area contributed by atoms with Crippen LogP contribution in [0.1, 0.15) is 54.9 Å². The van der Waals surface area contributed by atoms with E-state index in [0.29, 0.717) is 12.8 Å². The van der Waals surface area contributed by atoms with E-state index in [-0.39, 0.29) is 35.2 Å². The normalized spacial score (nSPS) is 12.1. The number of aliphatic carboxylic acids is 1. The molecule has 6 nitrogen and oxygen atoms in total. The summed E-state index contributed by atoms with van der Waals surface area (Å²) in [4.78, 5) is 23.0. The average molecular weight is 310 g/mol. The number of hydrogen-bond donors (Lipinski definition) is 4. The molecule has 0 heterocycles. The zero-order chi connectivity index (χ0) is 16.7. The third kappa shape index (κ3) is 5.73. The summed E-state index contributed by atoms with van der Waals surface area (Å²) in [5.41, 5.74) is 0.0784. The van der Waals surface area contributed by atoms with Gasteiger partial charge in [0.05, 0.1) is 18.1 Å². The minimum atomic E-state index is -1.14. The lowest BCUT2D eigenvalue weighted by molar-refractivity contribution is -0.136. The van der Waals surface area contributed by atoms with Crippen LogP contribution in [0.5, 0.6) is 11.5 Å². The molecule has 22 heavy (non-hydrogen) atoms. The molecule has 0 fully saturated rings. The largest absolute Gasteiger partial charge is 0.508 e. The molecule has 4 N–H and O–H groups in total. The second-order valence-corrected chi connectivity index (χ2v) is 5.44. The fraction of sp³-hybridized carbons (Fsp3) is 0.500. The van der Waals surface area contributed by atoms with Crippen LogP contribution in [0.2, 0.25) is 0 Å². The number of carboxylic acids is 1. The van der Waals surface area contributed by atoms with Gasteiger partial charge in [-0.1, -0.05) is 12.8 Å². The van der Waals surface area contributed by atoms with E-state index in [1.165, 1.54) is 6.07 Å². The van der Waals surface area contributed by atoms with E-state index < -0.39 is 18.1 Å². The highest BCUT2D eigenvalue weighted by Crippen LogP contribution is 2.29. The van der Waals surface area contributed by atoms with Crippen molar-refractivity contribution in [3.63, 3.8) is 0 Å². The Kier molecular flexibility index (Phi) is 6.85. The molecule has 0 bridgehead atoms. The first-order valence-corrected chi connectivity index (χ1v) is 7.29. The van der Waals surface area contributed by atoms with E-state index in [9.17, 15) is 19.8 Å². The van der Waals surface area contributed by atoms with Crippen LogP contribution in [0, 0.1) is 0 Å². The molecule has 1 atom stereocenters. The Morgan fingerprint density at radius 2 is 1.82 bits per heavy atom. The summed E-state index contributed by atoms with van der Waals surface area (Å²) in [6.45, 7) is 1.71. The molecule has 0 radical (unpaired) electrons. The van der Waals surface area contributed by atoms with Crippen molar-refractivity contribution in [3.05, 3.63) is 23.3 Å². The zero-order valence-electron chi connectivity index (χ0n) is 12.6. The molecule has 0 aromatic heterocycles. The lowest BCUT2D eigenvalue weighted by Gasteiger charge is -2.10. The summed E-state index contributed by atoms with van der Waals surface area (Å²) in [5, 5.41) is 37.2. The van der Waals surface area contributed by atoms with Crippen LogP contribution in [0.4, 0.5) is 0 Å². The topological polar surface area (TPSA) is 115 Å². The fourth-order valence-corrected chi connectivity index (χ4v) is 2.32. The first-order valence-electron chi connectivity index (χ1n) is 7.29. The quantitative estimate of drug-likeness (QED) is 0.411. The molecule has 0 aliphatic carbocycles. The Hall–Kier alpha value is -2.08. The van der Waals surface area contributed by atoms with Gasteiger partial charge in [-0.15, -0.1) is 0 Å². The molecule has 0 aliphatic heterocycles. The van der Waals surface area contributed by atoms with Crippen LogP contribution in [0.3, 0.4) is 0 Å². The molecule has 0 aliphatic rings. The van der Waals surface area contributed by atoms with Crippen LogP contribution in [-0.4, -0.2) is 38.3 Å². The van der Waals surface area contributed by atoms with Crippen molar-refractivity contribution in [1.29, 1.82) is 0 Å². The number of carbonyl (C=O) groups is 2. The fourth-order valence-electron chi connectivity index (χ4n) is 2.32. The number of aliphatic hydroxyl groups excluding tert-OH is 1. The number of benzene rings is 1. The van der Waals surface area contributed by atoms with Crippen molar-refractivity contribution in [2.75, 3.05) is 0 Å². The summed E-state index contributed by atoms with van der Waals surface area (Å²) < 4.78 is 0. The maximum absolute atomic E-state index is 12.2. The van der Waals surface area contributed by atoms with E-state index in [1.54, 1.807) is 6.92 Å². The van der Waals surface area contributed by atoms with E-state index in [0.717, 1.165) is 18.9 Å². The lowest BCUT2D eigenvalue weighted by Crippen LogP contribution is -2.09. The van der Waals surface area contributed by atoms with Crippen LogP contribution < -0.4 is 0 Å². The van der Waals surface area contributed by atoms with Crippen LogP contribution >= 0.6 is 0 Å². The summed E-state index contributed by atoms with van der Waals surface area (Å²) in [6.07, 6.45) is 2.22. The van der Waals surface area contributed by atoms with Gasteiger partial charge in [0.15, 0.2) is 5.78 Å². The number of carbonyl (C=O) groups excluding carboxylic acids is 1. The van der Waals surface area contributed by atoms with Crippen molar-refractivity contribution in [1.82, 2.24) is 0 Å². The maximum Gasteiger partial charge on any atom is 0.307 e. The van der Waals surface area contributed by atoms with Gasteiger partial charge in [0.25, 0.3) is 0 Å². The van der Waals surface area contributed by atoms with E-state index >= 15 is 0 Å². The van der Waals surface area contributed by atoms with Crippen molar-refractivity contribution < 1.29 is 30.0 Å². The minimum Gasteiger partial charge on any atom is -0.508 e. The number of hydrogen-bond acceptors (Lipinski definition) is 5. The van der Waals surface area contributed by atoms with Gasteiger partial charge in [-0.05, 0) is 31.4 Å². The molecule has 0 unspecified atom stereocenters. The number of carboxylic acid groups (broad SMARTS) is 1. The SMILES string of the molecule is C[C@@H](O)CCCCCC(=O)c1c(O)cc(O)cc1CC(=O)O. The number of unbranched alkanes of at least 4 members (excludes halogenated alkanes) is 2. The highest BCUT2D eigenvalue weighted by Gasteiger charge is 2.19. The van der Waals surface area contributed by atoms with Gasteiger partial charge < -0.3 is 20.4 Å². The summed E-state index contributed by atoms with van der Waals surface area (Å²) in [7, 11) is 0. The van der Waals surface area contributed by atoms with Gasteiger partial charge in [0.1, 0.15) is 11.5 Å². The van der Waals surface area contributed by atoms with Crippen molar-refractivity contribution in [2.45, 2.75) is 51.6 Å². The maximum atomic E-state index is 12.2. The van der Waals surface area contributed by atoms with Crippen molar-refractivity contribution in [3.8, 4) is 11.5 Å². The predicted octanol–water partition coefficient (Wildman–Crippen LogP) is 2.24.